The fourth-order valence-corrected chi connectivity index (χ4v) is 1.88. The van der Waals surface area contributed by atoms with Crippen molar-refractivity contribution in [1.29, 1.82) is 0 Å². The molecule has 0 amide bonds. The van der Waals surface area contributed by atoms with Crippen molar-refractivity contribution in [2.24, 2.45) is 0 Å². The smallest absolute Gasteiger partial charge is 0.137 e. The van der Waals surface area contributed by atoms with Crippen LogP contribution in [0.5, 0.6) is 0 Å². The van der Waals surface area contributed by atoms with Gasteiger partial charge < -0.3 is 9.67 Å². The van der Waals surface area contributed by atoms with Crippen LogP contribution in [0, 0.1) is 0 Å². The first-order valence-corrected chi connectivity index (χ1v) is 5.89. The Morgan fingerprint density at radius 3 is 2.76 bits per heavy atom. The zero-order chi connectivity index (χ0) is 12.1. The number of hydrogen-bond donors (Lipinski definition) is 1. The summed E-state index contributed by atoms with van der Waals surface area (Å²) in [5.41, 5.74) is 1.07. The van der Waals surface area contributed by atoms with Gasteiger partial charge in [-0.2, -0.15) is 0 Å². The van der Waals surface area contributed by atoms with Crippen LogP contribution in [0.2, 0.25) is 0 Å². The third-order valence-corrected chi connectivity index (χ3v) is 2.69. The molecule has 0 aliphatic rings. The van der Waals surface area contributed by atoms with Gasteiger partial charge in [-0.1, -0.05) is 6.92 Å². The minimum Gasteiger partial charge on any atom is -0.385 e. The van der Waals surface area contributed by atoms with Gasteiger partial charge in [0.05, 0.1) is 0 Å². The molecule has 2 heterocycles. The Balaban J connectivity index is 2.09. The molecule has 0 spiro atoms. The fourth-order valence-electron chi connectivity index (χ4n) is 1.88. The summed E-state index contributed by atoms with van der Waals surface area (Å²) >= 11 is 0. The van der Waals surface area contributed by atoms with E-state index in [-0.39, 0.29) is 0 Å². The highest BCUT2D eigenvalue weighted by molar-refractivity contribution is 5.13. The van der Waals surface area contributed by atoms with E-state index in [1.807, 2.05) is 22.9 Å². The lowest BCUT2D eigenvalue weighted by atomic mass is 10.1. The zero-order valence-electron chi connectivity index (χ0n) is 9.95. The van der Waals surface area contributed by atoms with Crippen molar-refractivity contribution in [3.63, 3.8) is 0 Å². The Bertz CT molecular complexity index is 453. The SMILES string of the molecule is CCCn1ccnc1C(O)Cc1ccncc1. The van der Waals surface area contributed by atoms with Gasteiger partial charge in [0.15, 0.2) is 0 Å². The van der Waals surface area contributed by atoms with Crippen molar-refractivity contribution in [3.05, 3.63) is 48.3 Å². The fraction of sp³-hybridized carbons (Fsp3) is 0.385. The molecule has 0 aromatic carbocycles. The van der Waals surface area contributed by atoms with E-state index in [1.165, 1.54) is 0 Å². The van der Waals surface area contributed by atoms with Crippen molar-refractivity contribution >= 4 is 0 Å². The Kier molecular flexibility index (Phi) is 3.88. The zero-order valence-corrected chi connectivity index (χ0v) is 9.95. The Hall–Kier alpha value is -1.68. The van der Waals surface area contributed by atoms with E-state index in [2.05, 4.69) is 16.9 Å². The Labute approximate surface area is 101 Å². The van der Waals surface area contributed by atoms with Crippen LogP contribution in [0.4, 0.5) is 0 Å². The maximum Gasteiger partial charge on any atom is 0.137 e. The van der Waals surface area contributed by atoms with Crippen molar-refractivity contribution in [2.45, 2.75) is 32.4 Å². The molecule has 1 unspecified atom stereocenters. The van der Waals surface area contributed by atoms with Gasteiger partial charge in [-0.25, -0.2) is 4.98 Å². The van der Waals surface area contributed by atoms with Crippen LogP contribution in [0.3, 0.4) is 0 Å². The molecular formula is C13H17N3O. The molecule has 1 N–H and O–H groups in total. The largest absolute Gasteiger partial charge is 0.385 e. The molecule has 4 heteroatoms. The molecular weight excluding hydrogens is 214 g/mol. The van der Waals surface area contributed by atoms with Crippen LogP contribution in [0.1, 0.15) is 30.8 Å². The van der Waals surface area contributed by atoms with Crippen molar-refractivity contribution in [1.82, 2.24) is 14.5 Å². The van der Waals surface area contributed by atoms with Crippen molar-refractivity contribution in [2.75, 3.05) is 0 Å². The standard InChI is InChI=1S/C13H17N3O/c1-2-8-16-9-7-15-13(16)12(17)10-11-3-5-14-6-4-11/h3-7,9,12,17H,2,8,10H2,1H3. The number of aryl methyl sites for hydroxylation is 1. The summed E-state index contributed by atoms with van der Waals surface area (Å²) in [7, 11) is 0. The minimum absolute atomic E-state index is 0.557. The summed E-state index contributed by atoms with van der Waals surface area (Å²) < 4.78 is 2.01. The average Bonchev–Trinajstić information content (AvgIpc) is 2.79. The second-order valence-corrected chi connectivity index (χ2v) is 4.05. The summed E-state index contributed by atoms with van der Waals surface area (Å²) in [5, 5.41) is 10.2. The molecule has 0 aliphatic carbocycles. The lowest BCUT2D eigenvalue weighted by Crippen LogP contribution is -2.10. The molecule has 2 rings (SSSR count). The van der Waals surface area contributed by atoms with E-state index in [4.69, 9.17) is 0 Å². The third-order valence-electron chi connectivity index (χ3n) is 2.69. The van der Waals surface area contributed by atoms with E-state index >= 15 is 0 Å². The summed E-state index contributed by atoms with van der Waals surface area (Å²) in [6.07, 6.45) is 8.17. The number of pyridine rings is 1. The molecule has 4 nitrogen and oxygen atoms in total. The van der Waals surface area contributed by atoms with Crippen molar-refractivity contribution in [3.8, 4) is 0 Å². The molecule has 17 heavy (non-hydrogen) atoms. The number of hydrogen-bond acceptors (Lipinski definition) is 3. The summed E-state index contributed by atoms with van der Waals surface area (Å²) in [6, 6.07) is 3.83. The van der Waals surface area contributed by atoms with Crippen LogP contribution >= 0.6 is 0 Å². The van der Waals surface area contributed by atoms with Gasteiger partial charge in [0.2, 0.25) is 0 Å². The highest BCUT2D eigenvalue weighted by Crippen LogP contribution is 2.16. The summed E-state index contributed by atoms with van der Waals surface area (Å²) in [5.74, 6) is 0.740. The molecule has 0 fully saturated rings. The van der Waals surface area contributed by atoms with Crippen molar-refractivity contribution < 1.29 is 5.11 Å². The first-order valence-electron chi connectivity index (χ1n) is 5.89. The second kappa shape index (κ2) is 5.59. The first kappa shape index (κ1) is 11.8. The number of rotatable bonds is 5. The molecule has 1 atom stereocenters. The first-order chi connectivity index (χ1) is 8.31. The lowest BCUT2D eigenvalue weighted by Gasteiger charge is -2.12. The normalized spacial score (nSPS) is 12.6. The van der Waals surface area contributed by atoms with E-state index in [9.17, 15) is 5.11 Å². The minimum atomic E-state index is -0.557. The number of aromatic nitrogens is 3. The molecule has 2 aromatic rings. The monoisotopic (exact) mass is 231 g/mol. The van der Waals surface area contributed by atoms with Gasteiger partial charge in [0.25, 0.3) is 0 Å². The van der Waals surface area contributed by atoms with Gasteiger partial charge in [0, 0.05) is 37.8 Å². The molecule has 2 aromatic heterocycles. The van der Waals surface area contributed by atoms with Crippen LogP contribution in [0.25, 0.3) is 0 Å². The predicted octanol–water partition coefficient (Wildman–Crippen LogP) is 1.96. The van der Waals surface area contributed by atoms with Crippen LogP contribution < -0.4 is 0 Å². The molecule has 0 saturated heterocycles. The maximum atomic E-state index is 10.2. The highest BCUT2D eigenvalue weighted by atomic mass is 16.3. The molecule has 90 valence electrons. The van der Waals surface area contributed by atoms with Crippen LogP contribution in [0.15, 0.2) is 36.9 Å². The lowest BCUT2D eigenvalue weighted by molar-refractivity contribution is 0.163. The van der Waals surface area contributed by atoms with E-state index in [0.717, 1.165) is 24.4 Å². The van der Waals surface area contributed by atoms with Gasteiger partial charge >= 0.3 is 0 Å². The average molecular weight is 231 g/mol. The number of imidazole rings is 1. The Morgan fingerprint density at radius 1 is 1.29 bits per heavy atom. The second-order valence-electron chi connectivity index (χ2n) is 4.05. The van der Waals surface area contributed by atoms with Gasteiger partial charge in [-0.3, -0.25) is 4.98 Å². The predicted molar refractivity (Wildman–Crippen MR) is 65.4 cm³/mol. The third kappa shape index (κ3) is 2.91. The Morgan fingerprint density at radius 2 is 2.06 bits per heavy atom. The topological polar surface area (TPSA) is 50.9 Å². The maximum absolute atomic E-state index is 10.2. The van der Waals surface area contributed by atoms with Gasteiger partial charge in [-0.05, 0) is 24.1 Å². The summed E-state index contributed by atoms with van der Waals surface area (Å²) in [4.78, 5) is 8.19. The highest BCUT2D eigenvalue weighted by Gasteiger charge is 2.13. The van der Waals surface area contributed by atoms with Gasteiger partial charge in [0.1, 0.15) is 11.9 Å². The quantitative estimate of drug-likeness (QED) is 0.855. The molecule has 0 saturated carbocycles. The van der Waals surface area contributed by atoms with E-state index in [0.29, 0.717) is 6.42 Å². The summed E-state index contributed by atoms with van der Waals surface area (Å²) in [6.45, 7) is 3.00. The van der Waals surface area contributed by atoms with E-state index < -0.39 is 6.10 Å². The van der Waals surface area contributed by atoms with Gasteiger partial charge in [-0.15, -0.1) is 0 Å². The number of nitrogens with zero attached hydrogens (tertiary/aromatic N) is 3. The number of aliphatic hydroxyl groups is 1. The number of aliphatic hydroxyl groups excluding tert-OH is 1. The molecule has 0 bridgehead atoms. The molecule has 0 aliphatic heterocycles. The van der Waals surface area contributed by atoms with Crippen LogP contribution in [-0.2, 0) is 13.0 Å². The molecule has 0 radical (unpaired) electrons. The van der Waals surface area contributed by atoms with E-state index in [1.54, 1.807) is 18.6 Å². The van der Waals surface area contributed by atoms with Crippen LogP contribution in [-0.4, -0.2) is 19.6 Å².